The molecular formula is C15H26N2S. The van der Waals surface area contributed by atoms with E-state index in [2.05, 4.69) is 64.0 Å². The fourth-order valence-electron chi connectivity index (χ4n) is 1.28. The third-order valence-corrected chi connectivity index (χ3v) is 4.27. The molecule has 1 unspecified atom stereocenters. The van der Waals surface area contributed by atoms with Crippen LogP contribution in [0.4, 0.5) is 0 Å². The fraction of sp³-hybridized carbons (Fsp3) is 0.667. The van der Waals surface area contributed by atoms with Gasteiger partial charge in [-0.05, 0) is 38.3 Å². The number of nitrogens with one attached hydrogen (secondary N) is 1. The Morgan fingerprint density at radius 3 is 2.33 bits per heavy atom. The summed E-state index contributed by atoms with van der Waals surface area (Å²) in [7, 11) is 0. The van der Waals surface area contributed by atoms with Crippen molar-refractivity contribution in [3.8, 4) is 0 Å². The minimum atomic E-state index is 0.152. The molecule has 0 aliphatic carbocycles. The summed E-state index contributed by atoms with van der Waals surface area (Å²) < 4.78 is 0. The fourth-order valence-corrected chi connectivity index (χ4v) is 2.19. The van der Waals surface area contributed by atoms with Crippen molar-refractivity contribution in [1.29, 1.82) is 0 Å². The van der Waals surface area contributed by atoms with E-state index in [0.717, 1.165) is 11.6 Å². The zero-order valence-electron chi connectivity index (χ0n) is 12.4. The highest BCUT2D eigenvalue weighted by atomic mass is 32.2. The molecule has 102 valence electrons. The van der Waals surface area contributed by atoms with Crippen LogP contribution in [-0.4, -0.2) is 15.8 Å². The molecule has 0 spiro atoms. The molecule has 0 saturated heterocycles. The van der Waals surface area contributed by atoms with Crippen LogP contribution in [0.1, 0.15) is 47.1 Å². The maximum absolute atomic E-state index is 4.52. The van der Waals surface area contributed by atoms with Gasteiger partial charge in [0.25, 0.3) is 0 Å². The first-order valence-electron chi connectivity index (χ1n) is 6.64. The molecule has 1 rings (SSSR count). The molecule has 0 saturated carbocycles. The largest absolute Gasteiger partial charge is 0.308 e. The summed E-state index contributed by atoms with van der Waals surface area (Å²) in [5.41, 5.74) is 1.39. The van der Waals surface area contributed by atoms with Gasteiger partial charge in [-0.2, -0.15) is 0 Å². The monoisotopic (exact) mass is 266 g/mol. The van der Waals surface area contributed by atoms with E-state index in [1.54, 1.807) is 0 Å². The van der Waals surface area contributed by atoms with Gasteiger partial charge >= 0.3 is 0 Å². The van der Waals surface area contributed by atoms with E-state index >= 15 is 0 Å². The number of pyridine rings is 1. The Morgan fingerprint density at radius 1 is 1.22 bits per heavy atom. The number of hydrogen-bond acceptors (Lipinski definition) is 3. The van der Waals surface area contributed by atoms with Crippen molar-refractivity contribution in [2.24, 2.45) is 5.92 Å². The standard InChI is InChI=1S/C15H26N2S/c1-11(2)12(3)18-14-8-7-13(9-16-14)10-17-15(4,5)6/h7-9,11-12,17H,10H2,1-6H3. The van der Waals surface area contributed by atoms with Gasteiger partial charge in [-0.1, -0.05) is 26.8 Å². The maximum Gasteiger partial charge on any atom is 0.0962 e. The number of nitrogens with zero attached hydrogens (tertiary/aromatic N) is 1. The Balaban J connectivity index is 2.52. The Kier molecular flexibility index (Phi) is 5.67. The normalized spacial score (nSPS) is 13.9. The minimum Gasteiger partial charge on any atom is -0.308 e. The molecule has 0 aliphatic rings. The van der Waals surface area contributed by atoms with Crippen molar-refractivity contribution in [1.82, 2.24) is 10.3 Å². The van der Waals surface area contributed by atoms with Crippen LogP contribution >= 0.6 is 11.8 Å². The minimum absolute atomic E-state index is 0.152. The lowest BCUT2D eigenvalue weighted by molar-refractivity contribution is 0.424. The third-order valence-electron chi connectivity index (χ3n) is 2.87. The first kappa shape index (κ1) is 15.5. The van der Waals surface area contributed by atoms with Gasteiger partial charge < -0.3 is 5.32 Å². The predicted molar refractivity (Wildman–Crippen MR) is 81.0 cm³/mol. The predicted octanol–water partition coefficient (Wildman–Crippen LogP) is 4.11. The van der Waals surface area contributed by atoms with Gasteiger partial charge in [0.15, 0.2) is 0 Å². The van der Waals surface area contributed by atoms with Gasteiger partial charge in [0.05, 0.1) is 5.03 Å². The van der Waals surface area contributed by atoms with Crippen LogP contribution < -0.4 is 5.32 Å². The summed E-state index contributed by atoms with van der Waals surface area (Å²) in [5, 5.41) is 5.20. The third kappa shape index (κ3) is 5.87. The molecule has 18 heavy (non-hydrogen) atoms. The number of rotatable bonds is 5. The van der Waals surface area contributed by atoms with Gasteiger partial charge in [0, 0.05) is 23.5 Å². The quantitative estimate of drug-likeness (QED) is 0.812. The van der Waals surface area contributed by atoms with Crippen LogP contribution in [0.15, 0.2) is 23.4 Å². The van der Waals surface area contributed by atoms with Crippen molar-refractivity contribution in [2.75, 3.05) is 0 Å². The highest BCUT2D eigenvalue weighted by Gasteiger charge is 2.10. The SMILES string of the molecule is CC(C)C(C)Sc1ccc(CNC(C)(C)C)cn1. The average molecular weight is 266 g/mol. The summed E-state index contributed by atoms with van der Waals surface area (Å²) >= 11 is 1.85. The van der Waals surface area contributed by atoms with Crippen molar-refractivity contribution >= 4 is 11.8 Å². The summed E-state index contributed by atoms with van der Waals surface area (Å²) in [6, 6.07) is 4.30. The number of thioether (sulfide) groups is 1. The highest BCUT2D eigenvalue weighted by molar-refractivity contribution is 7.99. The lowest BCUT2D eigenvalue weighted by Crippen LogP contribution is -2.35. The average Bonchev–Trinajstić information content (AvgIpc) is 2.27. The topological polar surface area (TPSA) is 24.9 Å². The van der Waals surface area contributed by atoms with Crippen LogP contribution in [0.2, 0.25) is 0 Å². The van der Waals surface area contributed by atoms with Crippen molar-refractivity contribution in [3.63, 3.8) is 0 Å². The lowest BCUT2D eigenvalue weighted by Gasteiger charge is -2.20. The van der Waals surface area contributed by atoms with Crippen molar-refractivity contribution in [3.05, 3.63) is 23.9 Å². The highest BCUT2D eigenvalue weighted by Crippen LogP contribution is 2.25. The van der Waals surface area contributed by atoms with Gasteiger partial charge in [-0.3, -0.25) is 0 Å². The smallest absolute Gasteiger partial charge is 0.0962 e. The van der Waals surface area contributed by atoms with E-state index in [-0.39, 0.29) is 5.54 Å². The van der Waals surface area contributed by atoms with E-state index in [4.69, 9.17) is 0 Å². The van der Waals surface area contributed by atoms with Crippen molar-refractivity contribution in [2.45, 2.75) is 63.9 Å². The van der Waals surface area contributed by atoms with Crippen LogP contribution in [0.3, 0.4) is 0 Å². The Bertz CT molecular complexity index is 352. The Hall–Kier alpha value is -0.540. The van der Waals surface area contributed by atoms with Gasteiger partial charge in [-0.15, -0.1) is 11.8 Å². The maximum atomic E-state index is 4.52. The Labute approximate surface area is 116 Å². The summed E-state index contributed by atoms with van der Waals surface area (Å²) in [6.07, 6.45) is 1.98. The van der Waals surface area contributed by atoms with Crippen LogP contribution in [0.25, 0.3) is 0 Å². The molecule has 1 aromatic heterocycles. The molecule has 1 N–H and O–H groups in total. The van der Waals surface area contributed by atoms with E-state index < -0.39 is 0 Å². The van der Waals surface area contributed by atoms with E-state index in [1.165, 1.54) is 5.56 Å². The lowest BCUT2D eigenvalue weighted by atomic mass is 10.1. The van der Waals surface area contributed by atoms with Crippen LogP contribution in [0, 0.1) is 5.92 Å². The van der Waals surface area contributed by atoms with E-state index in [9.17, 15) is 0 Å². The Morgan fingerprint density at radius 2 is 1.89 bits per heavy atom. The molecule has 1 atom stereocenters. The summed E-state index contributed by atoms with van der Waals surface area (Å²) in [4.78, 5) is 4.52. The zero-order chi connectivity index (χ0) is 13.8. The first-order chi connectivity index (χ1) is 8.28. The summed E-state index contributed by atoms with van der Waals surface area (Å²) in [6.45, 7) is 14.2. The van der Waals surface area contributed by atoms with Gasteiger partial charge in [0.1, 0.15) is 0 Å². The second-order valence-corrected chi connectivity index (χ2v) is 7.57. The second-order valence-electron chi connectivity index (χ2n) is 6.18. The molecule has 1 aromatic rings. The number of aromatic nitrogens is 1. The van der Waals surface area contributed by atoms with Crippen LogP contribution in [0.5, 0.6) is 0 Å². The molecule has 2 nitrogen and oxygen atoms in total. The molecule has 0 aliphatic heterocycles. The van der Waals surface area contributed by atoms with E-state index in [0.29, 0.717) is 11.2 Å². The van der Waals surface area contributed by atoms with Gasteiger partial charge in [-0.25, -0.2) is 4.98 Å². The molecule has 3 heteroatoms. The molecule has 0 fully saturated rings. The molecule has 0 amide bonds. The zero-order valence-corrected chi connectivity index (χ0v) is 13.3. The molecular weight excluding hydrogens is 240 g/mol. The molecule has 0 bridgehead atoms. The summed E-state index contributed by atoms with van der Waals surface area (Å²) in [5.74, 6) is 0.680. The van der Waals surface area contributed by atoms with Crippen molar-refractivity contribution < 1.29 is 0 Å². The van der Waals surface area contributed by atoms with Gasteiger partial charge in [0.2, 0.25) is 0 Å². The molecule has 1 heterocycles. The molecule has 0 aromatic carbocycles. The number of hydrogen-bond donors (Lipinski definition) is 1. The molecule has 0 radical (unpaired) electrons. The second kappa shape index (κ2) is 6.58. The first-order valence-corrected chi connectivity index (χ1v) is 7.52. The van der Waals surface area contributed by atoms with Crippen LogP contribution in [-0.2, 0) is 6.54 Å². The van der Waals surface area contributed by atoms with E-state index in [1.807, 2.05) is 18.0 Å².